The van der Waals surface area contributed by atoms with E-state index in [-0.39, 0.29) is 17.6 Å². The Morgan fingerprint density at radius 3 is 2.74 bits per heavy atom. The van der Waals surface area contributed by atoms with Crippen molar-refractivity contribution in [1.29, 1.82) is 0 Å². The highest BCUT2D eigenvalue weighted by Gasteiger charge is 2.08. The molecule has 108 valence electrons. The standard InChI is InChI=1S/C15H25FN2O/c1-3-4-5-6-7-13(11-17)18-12-8-9-14(16)15(10-12)19-2/h8-10,13,18H,3-7,11,17H2,1-2H3. The first-order valence-corrected chi connectivity index (χ1v) is 7.01. The van der Waals surface area contributed by atoms with E-state index in [4.69, 9.17) is 10.5 Å². The summed E-state index contributed by atoms with van der Waals surface area (Å²) in [4.78, 5) is 0. The van der Waals surface area contributed by atoms with Gasteiger partial charge in [0.1, 0.15) is 0 Å². The molecule has 4 heteroatoms. The third-order valence-corrected chi connectivity index (χ3v) is 3.21. The summed E-state index contributed by atoms with van der Waals surface area (Å²) in [6.45, 7) is 2.77. The molecule has 3 nitrogen and oxygen atoms in total. The zero-order valence-corrected chi connectivity index (χ0v) is 11.9. The third kappa shape index (κ3) is 5.47. The van der Waals surface area contributed by atoms with Crippen molar-refractivity contribution in [1.82, 2.24) is 0 Å². The van der Waals surface area contributed by atoms with Gasteiger partial charge in [-0.15, -0.1) is 0 Å². The Kier molecular flexibility index (Phi) is 7.26. The lowest BCUT2D eigenvalue weighted by Gasteiger charge is -2.18. The molecule has 0 aromatic heterocycles. The van der Waals surface area contributed by atoms with E-state index in [2.05, 4.69) is 12.2 Å². The number of anilines is 1. The van der Waals surface area contributed by atoms with E-state index in [9.17, 15) is 4.39 Å². The second-order valence-corrected chi connectivity index (χ2v) is 4.78. The highest BCUT2D eigenvalue weighted by Crippen LogP contribution is 2.22. The average molecular weight is 268 g/mol. The molecule has 1 aromatic rings. The molecule has 1 rings (SSSR count). The minimum Gasteiger partial charge on any atom is -0.494 e. The maximum atomic E-state index is 13.3. The van der Waals surface area contributed by atoms with Crippen LogP contribution in [0.25, 0.3) is 0 Å². The predicted octanol–water partition coefficient (Wildman–Crippen LogP) is 3.54. The molecular formula is C15H25FN2O. The van der Waals surface area contributed by atoms with Gasteiger partial charge in [0, 0.05) is 24.3 Å². The molecule has 19 heavy (non-hydrogen) atoms. The number of nitrogens with two attached hydrogens (primary N) is 1. The summed E-state index contributed by atoms with van der Waals surface area (Å²) in [6.07, 6.45) is 5.94. The molecule has 0 saturated carbocycles. The first-order valence-electron chi connectivity index (χ1n) is 7.01. The van der Waals surface area contributed by atoms with E-state index < -0.39 is 0 Å². The SMILES string of the molecule is CCCCCCC(CN)Nc1ccc(F)c(OC)c1. The van der Waals surface area contributed by atoms with Crippen molar-refractivity contribution >= 4 is 5.69 Å². The number of hydrogen-bond donors (Lipinski definition) is 2. The maximum Gasteiger partial charge on any atom is 0.165 e. The summed E-state index contributed by atoms with van der Waals surface area (Å²) in [5, 5.41) is 3.34. The monoisotopic (exact) mass is 268 g/mol. The molecule has 0 fully saturated rings. The fraction of sp³-hybridized carbons (Fsp3) is 0.600. The molecule has 0 aliphatic rings. The number of unbranched alkanes of at least 4 members (excludes halogenated alkanes) is 3. The van der Waals surface area contributed by atoms with Crippen LogP contribution in [-0.4, -0.2) is 19.7 Å². The molecule has 0 saturated heterocycles. The van der Waals surface area contributed by atoms with Crippen LogP contribution in [0.1, 0.15) is 39.0 Å². The summed E-state index contributed by atoms with van der Waals surface area (Å²) in [7, 11) is 1.47. The Morgan fingerprint density at radius 2 is 2.11 bits per heavy atom. The smallest absolute Gasteiger partial charge is 0.165 e. The largest absolute Gasteiger partial charge is 0.494 e. The van der Waals surface area contributed by atoms with Gasteiger partial charge < -0.3 is 15.8 Å². The Balaban J connectivity index is 2.50. The summed E-state index contributed by atoms with van der Waals surface area (Å²) in [5.41, 5.74) is 6.62. The van der Waals surface area contributed by atoms with Crippen LogP contribution in [0.15, 0.2) is 18.2 Å². The van der Waals surface area contributed by atoms with Crippen LogP contribution in [0.3, 0.4) is 0 Å². The molecule has 0 aliphatic carbocycles. The molecule has 1 unspecified atom stereocenters. The average Bonchev–Trinajstić information content (AvgIpc) is 2.44. The molecule has 1 aromatic carbocycles. The van der Waals surface area contributed by atoms with E-state index in [1.54, 1.807) is 12.1 Å². The second-order valence-electron chi connectivity index (χ2n) is 4.78. The van der Waals surface area contributed by atoms with Gasteiger partial charge in [-0.05, 0) is 18.6 Å². The Bertz CT molecular complexity index is 371. The molecular weight excluding hydrogens is 243 g/mol. The van der Waals surface area contributed by atoms with Crippen LogP contribution in [0.4, 0.5) is 10.1 Å². The quantitative estimate of drug-likeness (QED) is 0.673. The van der Waals surface area contributed by atoms with Crippen LogP contribution >= 0.6 is 0 Å². The molecule has 3 N–H and O–H groups in total. The molecule has 0 aliphatic heterocycles. The van der Waals surface area contributed by atoms with Gasteiger partial charge in [0.15, 0.2) is 11.6 Å². The van der Waals surface area contributed by atoms with Crippen molar-refractivity contribution in [2.75, 3.05) is 19.0 Å². The van der Waals surface area contributed by atoms with Gasteiger partial charge in [0.05, 0.1) is 7.11 Å². The van der Waals surface area contributed by atoms with Gasteiger partial charge in [-0.1, -0.05) is 32.6 Å². The first-order chi connectivity index (χ1) is 9.21. The van der Waals surface area contributed by atoms with Crippen LogP contribution in [-0.2, 0) is 0 Å². The zero-order chi connectivity index (χ0) is 14.1. The van der Waals surface area contributed by atoms with Crippen molar-refractivity contribution < 1.29 is 9.13 Å². The minimum atomic E-state index is -0.347. The van der Waals surface area contributed by atoms with Gasteiger partial charge in [0.2, 0.25) is 0 Å². The number of ether oxygens (including phenoxy) is 1. The van der Waals surface area contributed by atoms with Gasteiger partial charge in [-0.3, -0.25) is 0 Å². The topological polar surface area (TPSA) is 47.3 Å². The van der Waals surface area contributed by atoms with Crippen LogP contribution in [0.5, 0.6) is 5.75 Å². The number of rotatable bonds is 9. The van der Waals surface area contributed by atoms with E-state index in [0.29, 0.717) is 6.54 Å². The molecule has 0 heterocycles. The number of benzene rings is 1. The summed E-state index contributed by atoms with van der Waals surface area (Å²) >= 11 is 0. The zero-order valence-electron chi connectivity index (χ0n) is 11.9. The van der Waals surface area contributed by atoms with Crippen molar-refractivity contribution in [3.63, 3.8) is 0 Å². The van der Waals surface area contributed by atoms with Crippen LogP contribution < -0.4 is 15.8 Å². The van der Waals surface area contributed by atoms with E-state index in [0.717, 1.165) is 12.1 Å². The number of hydrogen-bond acceptors (Lipinski definition) is 3. The van der Waals surface area contributed by atoms with Crippen LogP contribution in [0.2, 0.25) is 0 Å². The van der Waals surface area contributed by atoms with Gasteiger partial charge in [-0.25, -0.2) is 4.39 Å². The van der Waals surface area contributed by atoms with Crippen molar-refractivity contribution in [2.24, 2.45) is 5.73 Å². The molecule has 1 atom stereocenters. The molecule has 0 amide bonds. The molecule has 0 bridgehead atoms. The van der Waals surface area contributed by atoms with Crippen LogP contribution in [0, 0.1) is 5.82 Å². The highest BCUT2D eigenvalue weighted by molar-refractivity contribution is 5.49. The molecule has 0 spiro atoms. The first kappa shape index (κ1) is 15.8. The third-order valence-electron chi connectivity index (χ3n) is 3.21. The Hall–Kier alpha value is -1.29. The fourth-order valence-corrected chi connectivity index (χ4v) is 2.05. The number of methoxy groups -OCH3 is 1. The van der Waals surface area contributed by atoms with Crippen molar-refractivity contribution in [2.45, 2.75) is 45.1 Å². The predicted molar refractivity (Wildman–Crippen MR) is 78.2 cm³/mol. The van der Waals surface area contributed by atoms with Gasteiger partial charge >= 0.3 is 0 Å². The Labute approximate surface area is 115 Å². The normalized spacial score (nSPS) is 12.2. The Morgan fingerprint density at radius 1 is 1.32 bits per heavy atom. The number of halogens is 1. The van der Waals surface area contributed by atoms with Crippen molar-refractivity contribution in [3.8, 4) is 5.75 Å². The minimum absolute atomic E-state index is 0.229. The summed E-state index contributed by atoms with van der Waals surface area (Å²) in [6, 6.07) is 5.02. The molecule has 0 radical (unpaired) electrons. The lowest BCUT2D eigenvalue weighted by atomic mass is 10.1. The van der Waals surface area contributed by atoms with E-state index >= 15 is 0 Å². The lowest BCUT2D eigenvalue weighted by molar-refractivity contribution is 0.386. The van der Waals surface area contributed by atoms with E-state index in [1.807, 2.05) is 0 Å². The number of nitrogens with one attached hydrogen (secondary N) is 1. The van der Waals surface area contributed by atoms with E-state index in [1.165, 1.54) is 38.9 Å². The summed E-state index contributed by atoms with van der Waals surface area (Å²) < 4.78 is 18.3. The summed E-state index contributed by atoms with van der Waals surface area (Å²) in [5.74, 6) is -0.0907. The lowest BCUT2D eigenvalue weighted by Crippen LogP contribution is -2.28. The van der Waals surface area contributed by atoms with Crippen molar-refractivity contribution in [3.05, 3.63) is 24.0 Å². The maximum absolute atomic E-state index is 13.3. The second kappa shape index (κ2) is 8.75. The highest BCUT2D eigenvalue weighted by atomic mass is 19.1. The van der Waals surface area contributed by atoms with Gasteiger partial charge in [0.25, 0.3) is 0 Å². The van der Waals surface area contributed by atoms with Gasteiger partial charge in [-0.2, -0.15) is 0 Å². The fourth-order valence-electron chi connectivity index (χ4n) is 2.05.